The molecular formula is C20H23NO3S. The normalized spacial score (nSPS) is 11.5. The highest BCUT2D eigenvalue weighted by molar-refractivity contribution is 7.09. The summed E-state index contributed by atoms with van der Waals surface area (Å²) in [7, 11) is 0. The van der Waals surface area contributed by atoms with Crippen molar-refractivity contribution in [3.8, 4) is 0 Å². The fourth-order valence-corrected chi connectivity index (χ4v) is 3.31. The van der Waals surface area contributed by atoms with Crippen molar-refractivity contribution in [1.29, 1.82) is 0 Å². The maximum atomic E-state index is 12.4. The summed E-state index contributed by atoms with van der Waals surface area (Å²) in [6, 6.07) is 6.03. The molecule has 2 heterocycles. The second-order valence-electron chi connectivity index (χ2n) is 5.68. The minimum Gasteiger partial charge on any atom is -0.454 e. The molecule has 0 N–H and O–H groups in total. The van der Waals surface area contributed by atoms with Crippen LogP contribution in [0.1, 0.15) is 33.5 Å². The summed E-state index contributed by atoms with van der Waals surface area (Å²) in [5.74, 6) is -0.693. The Morgan fingerprint density at radius 1 is 1.28 bits per heavy atom. The summed E-state index contributed by atoms with van der Waals surface area (Å²) in [5.41, 5.74) is 2.57. The average molecular weight is 357 g/mol. The van der Waals surface area contributed by atoms with Crippen molar-refractivity contribution in [1.82, 2.24) is 4.57 Å². The van der Waals surface area contributed by atoms with Crippen LogP contribution in [-0.4, -0.2) is 22.9 Å². The van der Waals surface area contributed by atoms with E-state index in [2.05, 4.69) is 16.0 Å². The van der Waals surface area contributed by atoms with Gasteiger partial charge in [-0.3, -0.25) is 4.79 Å². The predicted octanol–water partition coefficient (Wildman–Crippen LogP) is 4.27. The standard InChI is InChI=1S/C20H23NO3S/c1-4-5-6-9-20(23)24-14-19(22)18-13-15(2)21(16(18)3)11-10-17-8-7-12-25-17/h4-9,12-13H,10-11,14H2,1-3H3/b5-4+,9-6+. The van der Waals surface area contributed by atoms with Crippen LogP contribution < -0.4 is 0 Å². The molecule has 0 aromatic carbocycles. The molecule has 0 amide bonds. The molecule has 0 atom stereocenters. The van der Waals surface area contributed by atoms with E-state index in [1.165, 1.54) is 11.0 Å². The average Bonchev–Trinajstić information content (AvgIpc) is 3.20. The van der Waals surface area contributed by atoms with E-state index < -0.39 is 5.97 Å². The van der Waals surface area contributed by atoms with Gasteiger partial charge < -0.3 is 9.30 Å². The molecule has 0 fully saturated rings. The highest BCUT2D eigenvalue weighted by Gasteiger charge is 2.16. The quantitative estimate of drug-likeness (QED) is 0.307. The monoisotopic (exact) mass is 357 g/mol. The van der Waals surface area contributed by atoms with Gasteiger partial charge in [0.2, 0.25) is 5.78 Å². The number of esters is 1. The van der Waals surface area contributed by atoms with Crippen LogP contribution in [-0.2, 0) is 22.5 Å². The lowest BCUT2D eigenvalue weighted by Gasteiger charge is -2.09. The van der Waals surface area contributed by atoms with E-state index in [1.54, 1.807) is 29.6 Å². The van der Waals surface area contributed by atoms with Gasteiger partial charge in [-0.1, -0.05) is 24.3 Å². The molecule has 0 unspecified atom stereocenters. The zero-order chi connectivity index (χ0) is 18.2. The molecule has 2 aromatic heterocycles. The molecule has 2 rings (SSSR count). The Bertz CT molecular complexity index is 782. The Balaban J connectivity index is 1.98. The number of carbonyl (C=O) groups excluding carboxylic acids is 2. The van der Waals surface area contributed by atoms with Crippen molar-refractivity contribution in [2.24, 2.45) is 0 Å². The smallest absolute Gasteiger partial charge is 0.331 e. The minimum atomic E-state index is -0.516. The maximum Gasteiger partial charge on any atom is 0.331 e. The Morgan fingerprint density at radius 2 is 2.08 bits per heavy atom. The molecule has 0 spiro atoms. The fraction of sp³-hybridized carbons (Fsp3) is 0.300. The van der Waals surface area contributed by atoms with Crippen LogP contribution in [0.5, 0.6) is 0 Å². The van der Waals surface area contributed by atoms with Crippen LogP contribution in [0.25, 0.3) is 0 Å². The van der Waals surface area contributed by atoms with Crippen molar-refractivity contribution in [2.45, 2.75) is 33.7 Å². The molecule has 4 nitrogen and oxygen atoms in total. The largest absolute Gasteiger partial charge is 0.454 e. The van der Waals surface area contributed by atoms with Gasteiger partial charge in [-0.25, -0.2) is 4.79 Å². The molecular weight excluding hydrogens is 334 g/mol. The first-order chi connectivity index (χ1) is 12.0. The number of hydrogen-bond donors (Lipinski definition) is 0. The molecule has 5 heteroatoms. The molecule has 0 bridgehead atoms. The predicted molar refractivity (Wildman–Crippen MR) is 101 cm³/mol. The summed E-state index contributed by atoms with van der Waals surface area (Å²) in [6.45, 7) is 6.37. The molecule has 132 valence electrons. The van der Waals surface area contributed by atoms with Crippen molar-refractivity contribution in [3.63, 3.8) is 0 Å². The van der Waals surface area contributed by atoms with Crippen LogP contribution in [0.3, 0.4) is 0 Å². The first-order valence-corrected chi connectivity index (χ1v) is 9.09. The molecule has 0 saturated heterocycles. The van der Waals surface area contributed by atoms with Crippen LogP contribution >= 0.6 is 11.3 Å². The fourth-order valence-electron chi connectivity index (χ4n) is 2.61. The molecule has 0 radical (unpaired) electrons. The lowest BCUT2D eigenvalue weighted by Crippen LogP contribution is -2.14. The minimum absolute atomic E-state index is 0.178. The van der Waals surface area contributed by atoms with Gasteiger partial charge >= 0.3 is 5.97 Å². The Kier molecular flexibility index (Phi) is 6.95. The number of aromatic nitrogens is 1. The number of ether oxygens (including phenoxy) is 1. The van der Waals surface area contributed by atoms with E-state index in [0.717, 1.165) is 24.4 Å². The second-order valence-corrected chi connectivity index (χ2v) is 6.71. The van der Waals surface area contributed by atoms with Crippen LogP contribution in [0, 0.1) is 13.8 Å². The van der Waals surface area contributed by atoms with Gasteiger partial charge in [0, 0.05) is 34.4 Å². The zero-order valence-corrected chi connectivity index (χ0v) is 15.6. The van der Waals surface area contributed by atoms with Gasteiger partial charge in [0.05, 0.1) is 0 Å². The Labute approximate surface area is 152 Å². The highest BCUT2D eigenvalue weighted by Crippen LogP contribution is 2.18. The Morgan fingerprint density at radius 3 is 2.76 bits per heavy atom. The number of Topliss-reactive ketones (excluding diaryl/α,β-unsaturated/α-hetero) is 1. The van der Waals surface area contributed by atoms with Crippen molar-refractivity contribution in [2.75, 3.05) is 6.61 Å². The van der Waals surface area contributed by atoms with E-state index in [9.17, 15) is 9.59 Å². The van der Waals surface area contributed by atoms with Crippen molar-refractivity contribution < 1.29 is 14.3 Å². The number of rotatable bonds is 8. The summed E-state index contributed by atoms with van der Waals surface area (Å²) >= 11 is 1.74. The number of allylic oxidation sites excluding steroid dienone is 3. The number of ketones is 1. The van der Waals surface area contributed by atoms with Crippen molar-refractivity contribution >= 4 is 23.1 Å². The van der Waals surface area contributed by atoms with Gasteiger partial charge in [-0.05, 0) is 44.7 Å². The third-order valence-corrected chi connectivity index (χ3v) is 4.85. The van der Waals surface area contributed by atoms with E-state index in [1.807, 2.05) is 32.9 Å². The van der Waals surface area contributed by atoms with Gasteiger partial charge in [-0.15, -0.1) is 11.3 Å². The van der Waals surface area contributed by atoms with E-state index in [0.29, 0.717) is 5.56 Å². The van der Waals surface area contributed by atoms with E-state index >= 15 is 0 Å². The SMILES string of the molecule is C/C=C/C=C/C(=O)OCC(=O)c1cc(C)n(CCc2cccs2)c1C. The van der Waals surface area contributed by atoms with Gasteiger partial charge in [0.25, 0.3) is 0 Å². The number of thiophene rings is 1. The second kappa shape index (κ2) is 9.18. The van der Waals surface area contributed by atoms with E-state index in [4.69, 9.17) is 4.74 Å². The van der Waals surface area contributed by atoms with Gasteiger partial charge in [0.1, 0.15) is 0 Å². The number of carbonyl (C=O) groups is 2. The van der Waals surface area contributed by atoms with Crippen LogP contribution in [0.15, 0.2) is 47.9 Å². The molecule has 0 saturated carbocycles. The molecule has 0 aliphatic carbocycles. The third-order valence-electron chi connectivity index (χ3n) is 3.92. The first-order valence-electron chi connectivity index (χ1n) is 8.21. The van der Waals surface area contributed by atoms with E-state index in [-0.39, 0.29) is 12.4 Å². The topological polar surface area (TPSA) is 48.3 Å². The summed E-state index contributed by atoms with van der Waals surface area (Å²) in [4.78, 5) is 25.2. The molecule has 2 aromatic rings. The number of hydrogen-bond acceptors (Lipinski definition) is 4. The zero-order valence-electron chi connectivity index (χ0n) is 14.8. The third kappa shape index (κ3) is 5.29. The van der Waals surface area contributed by atoms with Gasteiger partial charge in [0.15, 0.2) is 6.61 Å². The number of nitrogens with zero attached hydrogens (tertiary/aromatic N) is 1. The maximum absolute atomic E-state index is 12.4. The van der Waals surface area contributed by atoms with Crippen LogP contribution in [0.4, 0.5) is 0 Å². The molecule has 25 heavy (non-hydrogen) atoms. The Hall–Kier alpha value is -2.40. The number of aryl methyl sites for hydroxylation is 2. The lowest BCUT2D eigenvalue weighted by atomic mass is 10.1. The molecule has 0 aliphatic rings. The highest BCUT2D eigenvalue weighted by atomic mass is 32.1. The van der Waals surface area contributed by atoms with Crippen LogP contribution in [0.2, 0.25) is 0 Å². The summed E-state index contributed by atoms with van der Waals surface area (Å²) in [6.07, 6.45) is 7.36. The first kappa shape index (κ1) is 18.9. The van der Waals surface area contributed by atoms with Crippen molar-refractivity contribution in [3.05, 3.63) is 69.7 Å². The summed E-state index contributed by atoms with van der Waals surface area (Å²) in [5, 5.41) is 2.07. The summed E-state index contributed by atoms with van der Waals surface area (Å²) < 4.78 is 7.15. The molecule has 0 aliphatic heterocycles. The lowest BCUT2D eigenvalue weighted by molar-refractivity contribution is -0.136. The van der Waals surface area contributed by atoms with Gasteiger partial charge in [-0.2, -0.15) is 0 Å².